The monoisotopic (exact) mass is 341 g/mol. The minimum atomic E-state index is -0.517. The molecule has 2 fully saturated rings. The first kappa shape index (κ1) is 16.6. The second kappa shape index (κ2) is 7.58. The maximum absolute atomic E-state index is 10.4. The molecule has 2 unspecified atom stereocenters. The number of nitrogens with zero attached hydrogens (tertiary/aromatic N) is 3. The van der Waals surface area contributed by atoms with Crippen LogP contribution in [0.1, 0.15) is 49.5 Å². The van der Waals surface area contributed by atoms with Gasteiger partial charge in [-0.25, -0.2) is 4.98 Å². The third-order valence-corrected chi connectivity index (χ3v) is 5.49. The molecule has 2 aliphatic heterocycles. The quantitative estimate of drug-likeness (QED) is 0.873. The second-order valence-corrected chi connectivity index (χ2v) is 7.25. The Bertz CT molecular complexity index is 650. The molecule has 1 N–H and O–H groups in total. The SMILES string of the molecule is OC(CC1CCCN1Cc1ccc(N2CCCC2)nc1)c1ccco1. The van der Waals surface area contributed by atoms with Crippen LogP contribution in [0.25, 0.3) is 0 Å². The zero-order valence-corrected chi connectivity index (χ0v) is 14.7. The molecule has 0 spiro atoms. The Morgan fingerprint density at radius 1 is 1.16 bits per heavy atom. The van der Waals surface area contributed by atoms with Gasteiger partial charge in [-0.05, 0) is 62.4 Å². The molecule has 0 radical (unpaired) electrons. The Balaban J connectivity index is 1.36. The number of furan rings is 1. The van der Waals surface area contributed by atoms with E-state index in [0.29, 0.717) is 11.8 Å². The lowest BCUT2D eigenvalue weighted by atomic mass is 10.0. The molecule has 134 valence electrons. The Morgan fingerprint density at radius 3 is 2.76 bits per heavy atom. The molecule has 2 aromatic heterocycles. The minimum Gasteiger partial charge on any atom is -0.467 e. The Morgan fingerprint density at radius 2 is 2.04 bits per heavy atom. The average Bonchev–Trinajstić information content (AvgIpc) is 3.39. The van der Waals surface area contributed by atoms with Gasteiger partial charge in [-0.1, -0.05) is 6.07 Å². The third-order valence-electron chi connectivity index (χ3n) is 5.49. The molecule has 2 atom stereocenters. The van der Waals surface area contributed by atoms with E-state index in [1.165, 1.54) is 24.8 Å². The van der Waals surface area contributed by atoms with Crippen LogP contribution in [0.5, 0.6) is 0 Å². The summed E-state index contributed by atoms with van der Waals surface area (Å²) in [5, 5.41) is 10.4. The highest BCUT2D eigenvalue weighted by Crippen LogP contribution is 2.29. The lowest BCUT2D eigenvalue weighted by Crippen LogP contribution is -2.30. The molecule has 0 aromatic carbocycles. The van der Waals surface area contributed by atoms with Crippen molar-refractivity contribution in [2.75, 3.05) is 24.5 Å². The molecule has 5 nitrogen and oxygen atoms in total. The lowest BCUT2D eigenvalue weighted by molar-refractivity contribution is 0.0995. The number of pyridine rings is 1. The van der Waals surface area contributed by atoms with Crippen molar-refractivity contribution < 1.29 is 9.52 Å². The summed E-state index contributed by atoms with van der Waals surface area (Å²) in [6.07, 6.45) is 8.73. The van der Waals surface area contributed by atoms with Crippen molar-refractivity contribution >= 4 is 5.82 Å². The van der Waals surface area contributed by atoms with E-state index >= 15 is 0 Å². The highest BCUT2D eigenvalue weighted by Gasteiger charge is 2.28. The van der Waals surface area contributed by atoms with E-state index in [4.69, 9.17) is 4.42 Å². The molecule has 0 saturated carbocycles. The van der Waals surface area contributed by atoms with Gasteiger partial charge in [-0.3, -0.25) is 4.90 Å². The summed E-state index contributed by atoms with van der Waals surface area (Å²) in [6.45, 7) is 4.25. The van der Waals surface area contributed by atoms with Gasteiger partial charge in [0.05, 0.1) is 6.26 Å². The van der Waals surface area contributed by atoms with Gasteiger partial charge >= 0.3 is 0 Å². The minimum absolute atomic E-state index is 0.401. The molecule has 0 aliphatic carbocycles. The fraction of sp³-hybridized carbons (Fsp3) is 0.550. The number of anilines is 1. The van der Waals surface area contributed by atoms with Crippen molar-refractivity contribution in [3.63, 3.8) is 0 Å². The van der Waals surface area contributed by atoms with E-state index < -0.39 is 6.10 Å². The standard InChI is InChI=1S/C20H27N3O2/c24-18(19-6-4-12-25-19)13-17-5-3-11-23(17)15-16-7-8-20(21-14-16)22-9-1-2-10-22/h4,6-8,12,14,17-18,24H,1-3,5,9-11,13,15H2. The zero-order valence-electron chi connectivity index (χ0n) is 14.7. The molecule has 4 rings (SSSR count). The smallest absolute Gasteiger partial charge is 0.132 e. The third kappa shape index (κ3) is 3.88. The number of aromatic nitrogens is 1. The number of hydrogen-bond donors (Lipinski definition) is 1. The van der Waals surface area contributed by atoms with Crippen LogP contribution in [-0.4, -0.2) is 40.7 Å². The van der Waals surface area contributed by atoms with Gasteiger partial charge in [0.2, 0.25) is 0 Å². The predicted octanol–water partition coefficient (Wildman–Crippen LogP) is 3.36. The first-order chi connectivity index (χ1) is 12.3. The highest BCUT2D eigenvalue weighted by molar-refractivity contribution is 5.40. The highest BCUT2D eigenvalue weighted by atomic mass is 16.4. The molecule has 0 bridgehead atoms. The van der Waals surface area contributed by atoms with Gasteiger partial charge in [0, 0.05) is 31.9 Å². The maximum Gasteiger partial charge on any atom is 0.132 e. The molecular formula is C20H27N3O2. The first-order valence-corrected chi connectivity index (χ1v) is 9.45. The summed E-state index contributed by atoms with van der Waals surface area (Å²) in [5.41, 5.74) is 1.25. The molecule has 5 heteroatoms. The number of aliphatic hydroxyl groups excluding tert-OH is 1. The van der Waals surface area contributed by atoms with Gasteiger partial charge in [0.15, 0.2) is 0 Å². The van der Waals surface area contributed by atoms with Crippen LogP contribution < -0.4 is 4.90 Å². The van der Waals surface area contributed by atoms with Crippen LogP contribution in [0.2, 0.25) is 0 Å². The molecule has 2 aromatic rings. The Kier molecular flexibility index (Phi) is 5.04. The van der Waals surface area contributed by atoms with E-state index in [1.807, 2.05) is 18.3 Å². The van der Waals surface area contributed by atoms with Gasteiger partial charge in [0.1, 0.15) is 17.7 Å². The summed E-state index contributed by atoms with van der Waals surface area (Å²) in [5.74, 6) is 1.77. The fourth-order valence-electron chi connectivity index (χ4n) is 4.10. The second-order valence-electron chi connectivity index (χ2n) is 7.25. The van der Waals surface area contributed by atoms with E-state index in [0.717, 1.165) is 44.8 Å². The van der Waals surface area contributed by atoms with E-state index in [9.17, 15) is 5.11 Å². The first-order valence-electron chi connectivity index (χ1n) is 9.45. The van der Waals surface area contributed by atoms with Crippen molar-refractivity contribution in [2.45, 2.75) is 50.8 Å². The molecule has 0 amide bonds. The zero-order chi connectivity index (χ0) is 17.1. The largest absolute Gasteiger partial charge is 0.467 e. The summed E-state index contributed by atoms with van der Waals surface area (Å²) in [7, 11) is 0. The van der Waals surface area contributed by atoms with Crippen LogP contribution >= 0.6 is 0 Å². The fourth-order valence-corrected chi connectivity index (χ4v) is 4.10. The summed E-state index contributed by atoms with van der Waals surface area (Å²) < 4.78 is 5.34. The number of aliphatic hydroxyl groups is 1. The molecular weight excluding hydrogens is 314 g/mol. The lowest BCUT2D eigenvalue weighted by Gasteiger charge is -2.26. The van der Waals surface area contributed by atoms with Crippen LogP contribution in [0, 0.1) is 0 Å². The van der Waals surface area contributed by atoms with Gasteiger partial charge in [-0.2, -0.15) is 0 Å². The van der Waals surface area contributed by atoms with Gasteiger partial charge in [-0.15, -0.1) is 0 Å². The Hall–Kier alpha value is -1.85. The van der Waals surface area contributed by atoms with E-state index in [1.54, 1.807) is 6.26 Å². The van der Waals surface area contributed by atoms with Crippen molar-refractivity contribution in [3.8, 4) is 0 Å². The number of hydrogen-bond acceptors (Lipinski definition) is 5. The van der Waals surface area contributed by atoms with Crippen LogP contribution in [0.4, 0.5) is 5.82 Å². The van der Waals surface area contributed by atoms with Crippen molar-refractivity contribution in [1.29, 1.82) is 0 Å². The van der Waals surface area contributed by atoms with Gasteiger partial charge in [0.25, 0.3) is 0 Å². The average molecular weight is 341 g/mol. The normalized spacial score (nSPS) is 22.6. The number of rotatable bonds is 6. The molecule has 4 heterocycles. The van der Waals surface area contributed by atoms with Crippen molar-refractivity contribution in [2.24, 2.45) is 0 Å². The number of likely N-dealkylation sites (tertiary alicyclic amines) is 1. The Labute approximate surface area is 149 Å². The van der Waals surface area contributed by atoms with Crippen LogP contribution in [-0.2, 0) is 6.54 Å². The van der Waals surface area contributed by atoms with Crippen molar-refractivity contribution in [3.05, 3.63) is 48.0 Å². The van der Waals surface area contributed by atoms with Crippen LogP contribution in [0.15, 0.2) is 41.1 Å². The molecule has 2 aliphatic rings. The van der Waals surface area contributed by atoms with Crippen LogP contribution in [0.3, 0.4) is 0 Å². The van der Waals surface area contributed by atoms with E-state index in [-0.39, 0.29) is 0 Å². The summed E-state index contributed by atoms with van der Waals surface area (Å²) in [6, 6.07) is 8.45. The van der Waals surface area contributed by atoms with Crippen molar-refractivity contribution in [1.82, 2.24) is 9.88 Å². The summed E-state index contributed by atoms with van der Waals surface area (Å²) >= 11 is 0. The predicted molar refractivity (Wildman–Crippen MR) is 97.4 cm³/mol. The topological polar surface area (TPSA) is 52.7 Å². The summed E-state index contributed by atoms with van der Waals surface area (Å²) in [4.78, 5) is 9.50. The molecule has 25 heavy (non-hydrogen) atoms. The van der Waals surface area contributed by atoms with E-state index in [2.05, 4.69) is 26.9 Å². The maximum atomic E-state index is 10.4. The van der Waals surface area contributed by atoms with Gasteiger partial charge < -0.3 is 14.4 Å². The molecule has 2 saturated heterocycles.